The van der Waals surface area contributed by atoms with E-state index in [1.165, 1.54) is 0 Å². The third-order valence-corrected chi connectivity index (χ3v) is 2.71. The largest absolute Gasteiger partial charge is 0.382 e. The zero-order chi connectivity index (χ0) is 11.8. The molecular weight excluding hydrogens is 214 g/mol. The Kier molecular flexibility index (Phi) is 2.04. The van der Waals surface area contributed by atoms with E-state index in [0.717, 1.165) is 22.2 Å². The molecule has 17 heavy (non-hydrogen) atoms. The predicted octanol–water partition coefficient (Wildman–Crippen LogP) is 1.71. The zero-order valence-corrected chi connectivity index (χ0v) is 9.33. The van der Waals surface area contributed by atoms with Crippen LogP contribution in [0, 0.1) is 6.92 Å². The molecule has 0 bridgehead atoms. The van der Waals surface area contributed by atoms with Gasteiger partial charge in [-0.3, -0.25) is 0 Å². The molecule has 5 heteroatoms. The maximum atomic E-state index is 5.75. The second kappa shape index (κ2) is 3.55. The lowest BCUT2D eigenvalue weighted by atomic mass is 10.2. The second-order valence-electron chi connectivity index (χ2n) is 3.89. The van der Waals surface area contributed by atoms with Gasteiger partial charge in [-0.05, 0) is 13.0 Å². The second-order valence-corrected chi connectivity index (χ2v) is 3.89. The molecule has 1 aromatic carbocycles. The molecule has 0 saturated heterocycles. The Morgan fingerprint density at radius 3 is 2.82 bits per heavy atom. The van der Waals surface area contributed by atoms with Crippen LogP contribution < -0.4 is 5.73 Å². The van der Waals surface area contributed by atoms with Crippen molar-refractivity contribution in [3.05, 3.63) is 42.2 Å². The number of benzene rings is 1. The minimum Gasteiger partial charge on any atom is -0.382 e. The van der Waals surface area contributed by atoms with Crippen molar-refractivity contribution in [3.8, 4) is 5.69 Å². The first-order chi connectivity index (χ1) is 8.25. The van der Waals surface area contributed by atoms with Crippen LogP contribution in [-0.2, 0) is 0 Å². The molecule has 84 valence electrons. The van der Waals surface area contributed by atoms with Crippen molar-refractivity contribution in [2.75, 3.05) is 5.73 Å². The number of nitrogens with two attached hydrogens (primary N) is 1. The molecule has 5 nitrogen and oxygen atoms in total. The van der Waals surface area contributed by atoms with Crippen molar-refractivity contribution in [2.24, 2.45) is 0 Å². The molecule has 0 amide bonds. The summed E-state index contributed by atoms with van der Waals surface area (Å²) in [6, 6.07) is 7.81. The van der Waals surface area contributed by atoms with Crippen molar-refractivity contribution >= 4 is 16.7 Å². The highest BCUT2D eigenvalue weighted by Crippen LogP contribution is 2.20. The fourth-order valence-electron chi connectivity index (χ4n) is 1.77. The van der Waals surface area contributed by atoms with E-state index in [4.69, 9.17) is 5.73 Å². The molecule has 2 aromatic heterocycles. The molecular formula is C12H11N5. The number of aromatic nitrogens is 4. The summed E-state index contributed by atoms with van der Waals surface area (Å²) in [5, 5.41) is 13.3. The van der Waals surface area contributed by atoms with E-state index in [1.807, 2.05) is 37.4 Å². The topological polar surface area (TPSA) is 69.6 Å². The van der Waals surface area contributed by atoms with Gasteiger partial charge in [0.15, 0.2) is 0 Å². The molecule has 0 aliphatic rings. The highest BCUT2D eigenvalue weighted by molar-refractivity contribution is 5.86. The number of hydrogen-bond acceptors (Lipinski definition) is 4. The molecule has 0 unspecified atom stereocenters. The molecule has 3 rings (SSSR count). The average molecular weight is 225 g/mol. The minimum atomic E-state index is 0.533. The van der Waals surface area contributed by atoms with E-state index in [0.29, 0.717) is 5.82 Å². The first-order valence-electron chi connectivity index (χ1n) is 5.28. The lowest BCUT2D eigenvalue weighted by Crippen LogP contribution is -1.99. The van der Waals surface area contributed by atoms with E-state index in [2.05, 4.69) is 15.3 Å². The summed E-state index contributed by atoms with van der Waals surface area (Å²) in [5.41, 5.74) is 8.43. The maximum absolute atomic E-state index is 5.75. The molecule has 2 heterocycles. The third kappa shape index (κ3) is 1.52. The summed E-state index contributed by atoms with van der Waals surface area (Å²) in [4.78, 5) is 0. The number of anilines is 1. The van der Waals surface area contributed by atoms with Crippen LogP contribution >= 0.6 is 0 Å². The fraction of sp³-hybridized carbons (Fsp3) is 0.0833. The predicted molar refractivity (Wildman–Crippen MR) is 65.8 cm³/mol. The molecule has 0 atom stereocenters. The van der Waals surface area contributed by atoms with E-state index >= 15 is 0 Å². The van der Waals surface area contributed by atoms with Crippen LogP contribution in [0.2, 0.25) is 0 Å². The van der Waals surface area contributed by atoms with Crippen LogP contribution in [0.25, 0.3) is 16.6 Å². The SMILES string of the molecule is Cc1cn(-c2cnnc3ccccc23)nc1N. The molecule has 3 aromatic rings. The summed E-state index contributed by atoms with van der Waals surface area (Å²) in [5.74, 6) is 0.533. The first kappa shape index (κ1) is 9.77. The smallest absolute Gasteiger partial charge is 0.148 e. The van der Waals surface area contributed by atoms with Crippen LogP contribution in [0.5, 0.6) is 0 Å². The van der Waals surface area contributed by atoms with Crippen molar-refractivity contribution in [2.45, 2.75) is 6.92 Å². The van der Waals surface area contributed by atoms with Gasteiger partial charge in [-0.2, -0.15) is 15.3 Å². The molecule has 0 aliphatic heterocycles. The van der Waals surface area contributed by atoms with Gasteiger partial charge in [0.2, 0.25) is 0 Å². The van der Waals surface area contributed by atoms with Gasteiger partial charge in [0.25, 0.3) is 0 Å². The van der Waals surface area contributed by atoms with Crippen LogP contribution in [0.1, 0.15) is 5.56 Å². The average Bonchev–Trinajstić information content (AvgIpc) is 2.69. The quantitative estimate of drug-likeness (QED) is 0.684. The van der Waals surface area contributed by atoms with Gasteiger partial charge in [-0.25, -0.2) is 4.68 Å². The van der Waals surface area contributed by atoms with Gasteiger partial charge in [0.1, 0.15) is 5.82 Å². The summed E-state index contributed by atoms with van der Waals surface area (Å²) in [6.45, 7) is 1.93. The molecule has 0 fully saturated rings. The fourth-order valence-corrected chi connectivity index (χ4v) is 1.77. The number of nitrogens with zero attached hydrogens (tertiary/aromatic N) is 4. The van der Waals surface area contributed by atoms with Gasteiger partial charge >= 0.3 is 0 Å². The Balaban J connectivity index is 2.30. The summed E-state index contributed by atoms with van der Waals surface area (Å²) in [6.07, 6.45) is 3.58. The zero-order valence-electron chi connectivity index (χ0n) is 9.33. The van der Waals surface area contributed by atoms with Gasteiger partial charge in [-0.1, -0.05) is 18.2 Å². The van der Waals surface area contributed by atoms with E-state index in [-0.39, 0.29) is 0 Å². The first-order valence-corrected chi connectivity index (χ1v) is 5.28. The van der Waals surface area contributed by atoms with Crippen molar-refractivity contribution in [3.63, 3.8) is 0 Å². The van der Waals surface area contributed by atoms with E-state index in [9.17, 15) is 0 Å². The number of rotatable bonds is 1. The highest BCUT2D eigenvalue weighted by atomic mass is 15.3. The van der Waals surface area contributed by atoms with Gasteiger partial charge in [-0.15, -0.1) is 0 Å². The van der Waals surface area contributed by atoms with Crippen LogP contribution in [0.15, 0.2) is 36.7 Å². The molecule has 0 saturated carbocycles. The highest BCUT2D eigenvalue weighted by Gasteiger charge is 2.07. The monoisotopic (exact) mass is 225 g/mol. The van der Waals surface area contributed by atoms with E-state index < -0.39 is 0 Å². The van der Waals surface area contributed by atoms with Gasteiger partial charge in [0, 0.05) is 17.1 Å². The Morgan fingerprint density at radius 1 is 1.24 bits per heavy atom. The maximum Gasteiger partial charge on any atom is 0.148 e. The van der Waals surface area contributed by atoms with Crippen molar-refractivity contribution in [1.82, 2.24) is 20.0 Å². The van der Waals surface area contributed by atoms with Gasteiger partial charge in [0.05, 0.1) is 17.4 Å². The van der Waals surface area contributed by atoms with Crippen LogP contribution in [0.4, 0.5) is 5.82 Å². The van der Waals surface area contributed by atoms with Crippen LogP contribution in [0.3, 0.4) is 0 Å². The minimum absolute atomic E-state index is 0.533. The summed E-state index contributed by atoms with van der Waals surface area (Å²) in [7, 11) is 0. The lowest BCUT2D eigenvalue weighted by molar-refractivity contribution is 0.877. The molecule has 0 radical (unpaired) electrons. The molecule has 0 spiro atoms. The summed E-state index contributed by atoms with van der Waals surface area (Å²) < 4.78 is 1.74. The molecule has 0 aliphatic carbocycles. The Hall–Kier alpha value is -2.43. The number of nitrogen functional groups attached to an aromatic ring is 1. The van der Waals surface area contributed by atoms with Gasteiger partial charge < -0.3 is 5.73 Å². The third-order valence-electron chi connectivity index (χ3n) is 2.71. The summed E-state index contributed by atoms with van der Waals surface area (Å²) >= 11 is 0. The Morgan fingerprint density at radius 2 is 2.06 bits per heavy atom. The van der Waals surface area contributed by atoms with Crippen LogP contribution in [-0.4, -0.2) is 20.0 Å². The van der Waals surface area contributed by atoms with E-state index in [1.54, 1.807) is 10.9 Å². The number of fused-ring (bicyclic) bond motifs is 1. The molecule has 2 N–H and O–H groups in total. The Bertz CT molecular complexity index is 661. The standard InChI is InChI=1S/C12H11N5/c1-8-7-17(16-12(8)13)11-6-14-15-10-5-3-2-4-9(10)11/h2-7H,1H3,(H2,13,16). The number of hydrogen-bond donors (Lipinski definition) is 1. The normalized spacial score (nSPS) is 10.9. The Labute approximate surface area is 97.9 Å². The van der Waals surface area contributed by atoms with Crippen molar-refractivity contribution < 1.29 is 0 Å². The lowest BCUT2D eigenvalue weighted by Gasteiger charge is -2.04. The van der Waals surface area contributed by atoms with Crippen molar-refractivity contribution in [1.29, 1.82) is 0 Å². The number of aryl methyl sites for hydroxylation is 1.